The minimum atomic E-state index is 0. The molecule has 24 heavy (non-hydrogen) atoms. The van der Waals surface area contributed by atoms with E-state index in [-0.39, 0.29) is 29.4 Å². The van der Waals surface area contributed by atoms with Crippen molar-refractivity contribution < 1.29 is 4.74 Å². The highest BCUT2D eigenvalue weighted by Crippen LogP contribution is 2.42. The number of ether oxygens (including phenoxy) is 1. The van der Waals surface area contributed by atoms with Gasteiger partial charge < -0.3 is 15.4 Å². The third-order valence-electron chi connectivity index (χ3n) is 5.97. The van der Waals surface area contributed by atoms with Crippen LogP contribution in [0.15, 0.2) is 4.99 Å². The summed E-state index contributed by atoms with van der Waals surface area (Å²) in [6.07, 6.45) is 1.40. The maximum Gasteiger partial charge on any atom is 0.191 e. The lowest BCUT2D eigenvalue weighted by atomic mass is 9.64. The predicted octanol–water partition coefficient (Wildman–Crippen LogP) is 0.973. The highest BCUT2D eigenvalue weighted by Gasteiger charge is 2.49. The highest BCUT2D eigenvalue weighted by molar-refractivity contribution is 14.0. The number of hydrogen-bond acceptors (Lipinski definition) is 4. The van der Waals surface area contributed by atoms with E-state index in [0.29, 0.717) is 18.2 Å². The van der Waals surface area contributed by atoms with Gasteiger partial charge in [0.2, 0.25) is 0 Å². The molecule has 3 saturated heterocycles. The van der Waals surface area contributed by atoms with Crippen LogP contribution in [0.25, 0.3) is 0 Å². The normalized spacial score (nSPS) is 37.3. The van der Waals surface area contributed by atoms with Crippen LogP contribution in [-0.4, -0.2) is 86.9 Å². The van der Waals surface area contributed by atoms with Crippen LogP contribution < -0.4 is 10.6 Å². The molecule has 0 amide bonds. The Morgan fingerprint density at radius 3 is 2.46 bits per heavy atom. The Labute approximate surface area is 163 Å². The molecule has 3 aliphatic heterocycles. The molecule has 3 unspecified atom stereocenters. The van der Waals surface area contributed by atoms with Crippen molar-refractivity contribution in [3.8, 4) is 0 Å². The van der Waals surface area contributed by atoms with E-state index in [1.54, 1.807) is 0 Å². The fourth-order valence-corrected chi connectivity index (χ4v) is 4.11. The SMILES string of the molecule is CCNC(=NCC1CN2CCN1CC2)NC1CC(OC)C1(C)C.I. The van der Waals surface area contributed by atoms with Gasteiger partial charge in [0, 0.05) is 63.9 Å². The van der Waals surface area contributed by atoms with E-state index in [2.05, 4.69) is 41.2 Å². The topological polar surface area (TPSA) is 52.1 Å². The van der Waals surface area contributed by atoms with Crippen LogP contribution in [0.5, 0.6) is 0 Å². The van der Waals surface area contributed by atoms with Gasteiger partial charge in [0.25, 0.3) is 0 Å². The molecule has 4 fully saturated rings. The van der Waals surface area contributed by atoms with Gasteiger partial charge in [0.05, 0.1) is 12.6 Å². The number of nitrogens with zero attached hydrogens (tertiary/aromatic N) is 3. The average molecular weight is 451 g/mol. The summed E-state index contributed by atoms with van der Waals surface area (Å²) in [7, 11) is 1.81. The molecule has 4 aliphatic rings. The summed E-state index contributed by atoms with van der Waals surface area (Å²) in [6, 6.07) is 1.01. The number of fused-ring (bicyclic) bond motifs is 3. The second-order valence-corrected chi connectivity index (χ2v) is 7.69. The molecule has 1 aliphatic carbocycles. The first-order valence-corrected chi connectivity index (χ1v) is 9.08. The second-order valence-electron chi connectivity index (χ2n) is 7.69. The fraction of sp³-hybridized carbons (Fsp3) is 0.941. The molecule has 0 spiro atoms. The predicted molar refractivity (Wildman–Crippen MR) is 109 cm³/mol. The standard InChI is InChI=1S/C17H33N5O.HI/c1-5-18-16(20-14-10-15(23-4)17(14,2)3)19-11-13-12-21-6-8-22(13)9-7-21;/h13-15H,5-12H2,1-4H3,(H2,18,19,20);1H. The number of nitrogens with one attached hydrogen (secondary N) is 2. The number of aliphatic imine (C=N–C) groups is 1. The van der Waals surface area contributed by atoms with Gasteiger partial charge in [-0.15, -0.1) is 24.0 Å². The molecule has 2 N–H and O–H groups in total. The van der Waals surface area contributed by atoms with Crippen molar-refractivity contribution in [3.05, 3.63) is 0 Å². The zero-order chi connectivity index (χ0) is 16.4. The van der Waals surface area contributed by atoms with Gasteiger partial charge in [-0.05, 0) is 13.3 Å². The van der Waals surface area contributed by atoms with E-state index in [1.807, 2.05) is 7.11 Å². The smallest absolute Gasteiger partial charge is 0.191 e. The van der Waals surface area contributed by atoms with Crippen LogP contribution in [0.3, 0.4) is 0 Å². The number of halogens is 1. The van der Waals surface area contributed by atoms with Crippen molar-refractivity contribution in [3.63, 3.8) is 0 Å². The Morgan fingerprint density at radius 1 is 1.25 bits per heavy atom. The van der Waals surface area contributed by atoms with E-state index in [0.717, 1.165) is 25.5 Å². The maximum absolute atomic E-state index is 5.55. The van der Waals surface area contributed by atoms with Crippen molar-refractivity contribution in [2.75, 3.05) is 52.9 Å². The summed E-state index contributed by atoms with van der Waals surface area (Å²) in [4.78, 5) is 10.0. The van der Waals surface area contributed by atoms with E-state index >= 15 is 0 Å². The molecule has 7 heteroatoms. The van der Waals surface area contributed by atoms with Gasteiger partial charge in [0.1, 0.15) is 0 Å². The monoisotopic (exact) mass is 451 g/mol. The van der Waals surface area contributed by atoms with Crippen LogP contribution >= 0.6 is 24.0 Å². The molecule has 4 rings (SSSR count). The van der Waals surface area contributed by atoms with Crippen LogP contribution in [0, 0.1) is 5.41 Å². The summed E-state index contributed by atoms with van der Waals surface area (Å²) in [5.74, 6) is 0.956. The zero-order valence-electron chi connectivity index (χ0n) is 15.5. The van der Waals surface area contributed by atoms with Gasteiger partial charge in [0.15, 0.2) is 5.96 Å². The van der Waals surface area contributed by atoms with Crippen LogP contribution in [0.1, 0.15) is 27.2 Å². The summed E-state index contributed by atoms with van der Waals surface area (Å²) in [6.45, 7) is 14.5. The first kappa shape index (κ1) is 20.2. The van der Waals surface area contributed by atoms with Crippen molar-refractivity contribution >= 4 is 29.9 Å². The molecule has 3 heterocycles. The third-order valence-corrected chi connectivity index (χ3v) is 5.97. The second kappa shape index (κ2) is 8.51. The number of rotatable bonds is 5. The molecule has 3 atom stereocenters. The van der Waals surface area contributed by atoms with Crippen LogP contribution in [0.4, 0.5) is 0 Å². The molecule has 1 saturated carbocycles. The zero-order valence-corrected chi connectivity index (χ0v) is 17.9. The van der Waals surface area contributed by atoms with E-state index < -0.39 is 0 Å². The fourth-order valence-electron chi connectivity index (χ4n) is 4.11. The molecule has 0 aromatic heterocycles. The molecular formula is C17H34IN5O. The van der Waals surface area contributed by atoms with Crippen LogP contribution in [0.2, 0.25) is 0 Å². The molecule has 6 nitrogen and oxygen atoms in total. The number of methoxy groups -OCH3 is 1. The first-order valence-electron chi connectivity index (χ1n) is 9.08. The minimum Gasteiger partial charge on any atom is -0.381 e. The van der Waals surface area contributed by atoms with Gasteiger partial charge in [-0.3, -0.25) is 14.8 Å². The van der Waals surface area contributed by atoms with E-state index in [1.165, 1.54) is 32.7 Å². The first-order chi connectivity index (χ1) is 11.0. The Bertz CT molecular complexity index is 437. The molecule has 2 bridgehead atoms. The quantitative estimate of drug-likeness (QED) is 0.371. The summed E-state index contributed by atoms with van der Waals surface area (Å²) >= 11 is 0. The van der Waals surface area contributed by atoms with Gasteiger partial charge in [-0.25, -0.2) is 0 Å². The molecular weight excluding hydrogens is 417 g/mol. The Balaban J connectivity index is 0.00000208. The van der Waals surface area contributed by atoms with E-state index in [9.17, 15) is 0 Å². The number of piperazine rings is 3. The molecule has 0 aromatic carbocycles. The van der Waals surface area contributed by atoms with Crippen molar-refractivity contribution in [2.45, 2.75) is 45.4 Å². The lowest BCUT2D eigenvalue weighted by molar-refractivity contribution is -0.0922. The van der Waals surface area contributed by atoms with E-state index in [4.69, 9.17) is 9.73 Å². The van der Waals surface area contributed by atoms with Crippen molar-refractivity contribution in [2.24, 2.45) is 10.4 Å². The maximum atomic E-state index is 5.55. The highest BCUT2D eigenvalue weighted by atomic mass is 127. The molecule has 140 valence electrons. The van der Waals surface area contributed by atoms with Gasteiger partial charge in [-0.1, -0.05) is 13.8 Å². The Morgan fingerprint density at radius 2 is 1.96 bits per heavy atom. The lowest BCUT2D eigenvalue weighted by Gasteiger charge is -2.51. The molecule has 0 aromatic rings. The van der Waals surface area contributed by atoms with Crippen molar-refractivity contribution in [1.29, 1.82) is 0 Å². The van der Waals surface area contributed by atoms with Crippen LogP contribution in [-0.2, 0) is 4.74 Å². The lowest BCUT2D eigenvalue weighted by Crippen LogP contribution is -2.64. The average Bonchev–Trinajstić information content (AvgIpc) is 2.57. The summed E-state index contributed by atoms with van der Waals surface area (Å²) < 4.78 is 5.55. The number of guanidine groups is 1. The largest absolute Gasteiger partial charge is 0.381 e. The third kappa shape index (κ3) is 4.16. The Kier molecular flexibility index (Phi) is 7.16. The Hall–Kier alpha value is -0.120. The summed E-state index contributed by atoms with van der Waals surface area (Å²) in [5, 5.41) is 7.02. The minimum absolute atomic E-state index is 0. The van der Waals surface area contributed by atoms with Crippen molar-refractivity contribution in [1.82, 2.24) is 20.4 Å². The molecule has 0 radical (unpaired) electrons. The summed E-state index contributed by atoms with van der Waals surface area (Å²) in [5.41, 5.74) is 0.157. The number of hydrogen-bond donors (Lipinski definition) is 2. The van der Waals surface area contributed by atoms with Gasteiger partial charge >= 0.3 is 0 Å². The van der Waals surface area contributed by atoms with Gasteiger partial charge in [-0.2, -0.15) is 0 Å².